The van der Waals surface area contributed by atoms with Crippen molar-refractivity contribution in [2.45, 2.75) is 33.2 Å². The van der Waals surface area contributed by atoms with Crippen molar-refractivity contribution in [3.05, 3.63) is 34.2 Å². The molecule has 17 heavy (non-hydrogen) atoms. The molecule has 0 aromatic carbocycles. The maximum Gasteiger partial charge on any atom is 0.263 e. The monoisotopic (exact) mass is 236 g/mol. The van der Waals surface area contributed by atoms with E-state index in [-0.39, 0.29) is 22.6 Å². The summed E-state index contributed by atoms with van der Waals surface area (Å²) in [6.07, 6.45) is 1.65. The molecule has 0 unspecified atom stereocenters. The van der Waals surface area contributed by atoms with Crippen LogP contribution >= 0.6 is 0 Å². The zero-order valence-corrected chi connectivity index (χ0v) is 11.2. The van der Waals surface area contributed by atoms with Crippen molar-refractivity contribution in [1.82, 2.24) is 9.47 Å². The Balaban J connectivity index is 3.21. The molecule has 0 radical (unpaired) electrons. The van der Waals surface area contributed by atoms with Crippen molar-refractivity contribution in [3.63, 3.8) is 0 Å². The van der Waals surface area contributed by atoms with Gasteiger partial charge in [0.05, 0.1) is 0 Å². The van der Waals surface area contributed by atoms with Crippen LogP contribution in [0.3, 0.4) is 0 Å². The molecule has 0 saturated carbocycles. The van der Waals surface area contributed by atoms with Gasteiger partial charge in [-0.1, -0.05) is 0 Å². The van der Waals surface area contributed by atoms with Crippen molar-refractivity contribution < 1.29 is 4.79 Å². The predicted octanol–water partition coefficient (Wildman–Crippen LogP) is 1.65. The van der Waals surface area contributed by atoms with E-state index < -0.39 is 0 Å². The Hall–Kier alpha value is -1.58. The van der Waals surface area contributed by atoms with Crippen LogP contribution in [0.15, 0.2) is 23.1 Å². The van der Waals surface area contributed by atoms with Gasteiger partial charge in [-0.2, -0.15) is 0 Å². The van der Waals surface area contributed by atoms with Gasteiger partial charge in [-0.15, -0.1) is 0 Å². The number of hydrogen-bond donors (Lipinski definition) is 0. The van der Waals surface area contributed by atoms with E-state index in [1.807, 2.05) is 27.7 Å². The first kappa shape index (κ1) is 13.5. The Morgan fingerprint density at radius 2 is 2.00 bits per heavy atom. The molecule has 0 spiro atoms. The summed E-state index contributed by atoms with van der Waals surface area (Å²) in [5.41, 5.74) is -0.306. The molecule has 0 aliphatic heterocycles. The van der Waals surface area contributed by atoms with E-state index >= 15 is 0 Å². The Morgan fingerprint density at radius 1 is 1.41 bits per heavy atom. The summed E-state index contributed by atoms with van der Waals surface area (Å²) in [7, 11) is 1.65. The van der Waals surface area contributed by atoms with Crippen LogP contribution in [0.1, 0.15) is 38.1 Å². The topological polar surface area (TPSA) is 42.3 Å². The van der Waals surface area contributed by atoms with Gasteiger partial charge in [0.15, 0.2) is 0 Å². The number of pyridine rings is 1. The van der Waals surface area contributed by atoms with Crippen molar-refractivity contribution >= 4 is 5.91 Å². The molecule has 0 bridgehead atoms. The second-order valence-corrected chi connectivity index (χ2v) is 5.06. The SMILES string of the molecule is CCN(C(=O)c1cccn(C)c1=O)C(C)(C)C. The molecule has 1 amide bonds. The summed E-state index contributed by atoms with van der Waals surface area (Å²) in [6.45, 7) is 8.38. The standard InChI is InChI=1S/C13H20N2O2/c1-6-15(13(2,3)4)12(17)10-8-7-9-14(5)11(10)16/h7-9H,6H2,1-5H3. The van der Waals surface area contributed by atoms with Crippen LogP contribution in [0, 0.1) is 0 Å². The fourth-order valence-corrected chi connectivity index (χ4v) is 1.83. The zero-order valence-electron chi connectivity index (χ0n) is 11.2. The summed E-state index contributed by atoms with van der Waals surface area (Å²) < 4.78 is 1.42. The van der Waals surface area contributed by atoms with E-state index in [9.17, 15) is 9.59 Å². The molecular formula is C13H20N2O2. The van der Waals surface area contributed by atoms with Crippen LogP contribution < -0.4 is 5.56 Å². The number of aryl methyl sites for hydroxylation is 1. The van der Waals surface area contributed by atoms with Gasteiger partial charge in [0.1, 0.15) is 5.56 Å². The van der Waals surface area contributed by atoms with E-state index in [0.717, 1.165) is 0 Å². The Kier molecular flexibility index (Phi) is 3.76. The molecule has 0 atom stereocenters. The van der Waals surface area contributed by atoms with Crippen molar-refractivity contribution in [3.8, 4) is 0 Å². The van der Waals surface area contributed by atoms with E-state index in [1.165, 1.54) is 4.57 Å². The smallest absolute Gasteiger partial charge is 0.263 e. The minimum atomic E-state index is -0.285. The van der Waals surface area contributed by atoms with Crippen LogP contribution in [0.5, 0.6) is 0 Å². The third kappa shape index (κ3) is 2.75. The second kappa shape index (κ2) is 4.73. The second-order valence-electron chi connectivity index (χ2n) is 5.06. The molecule has 94 valence electrons. The van der Waals surface area contributed by atoms with Crippen molar-refractivity contribution in [2.24, 2.45) is 7.05 Å². The minimum absolute atomic E-state index is 0.207. The lowest BCUT2D eigenvalue weighted by Crippen LogP contribution is -2.47. The van der Waals surface area contributed by atoms with Crippen molar-refractivity contribution in [2.75, 3.05) is 6.54 Å². The molecule has 1 heterocycles. The van der Waals surface area contributed by atoms with E-state index in [2.05, 4.69) is 0 Å². The molecule has 0 aliphatic carbocycles. The van der Waals surface area contributed by atoms with Crippen LogP contribution in [-0.2, 0) is 7.05 Å². The Labute approximate surface area is 102 Å². The summed E-state index contributed by atoms with van der Waals surface area (Å²) in [6, 6.07) is 3.30. The van der Waals surface area contributed by atoms with Gasteiger partial charge in [0, 0.05) is 25.3 Å². The molecule has 4 nitrogen and oxygen atoms in total. The van der Waals surface area contributed by atoms with Crippen LogP contribution in [-0.4, -0.2) is 27.5 Å². The fraction of sp³-hybridized carbons (Fsp3) is 0.538. The molecule has 4 heteroatoms. The molecule has 0 saturated heterocycles. The number of aromatic nitrogens is 1. The van der Waals surface area contributed by atoms with E-state index in [1.54, 1.807) is 30.3 Å². The zero-order chi connectivity index (χ0) is 13.2. The highest BCUT2D eigenvalue weighted by Crippen LogP contribution is 2.15. The highest BCUT2D eigenvalue weighted by molar-refractivity contribution is 5.94. The van der Waals surface area contributed by atoms with Crippen LogP contribution in [0.2, 0.25) is 0 Å². The number of amides is 1. The Morgan fingerprint density at radius 3 is 2.47 bits per heavy atom. The van der Waals surface area contributed by atoms with Gasteiger partial charge in [-0.3, -0.25) is 9.59 Å². The summed E-state index contributed by atoms with van der Waals surface area (Å²) in [5.74, 6) is -0.207. The highest BCUT2D eigenvalue weighted by Gasteiger charge is 2.27. The lowest BCUT2D eigenvalue weighted by Gasteiger charge is -2.34. The molecule has 0 aliphatic rings. The van der Waals surface area contributed by atoms with Gasteiger partial charge in [-0.25, -0.2) is 0 Å². The lowest BCUT2D eigenvalue weighted by molar-refractivity contribution is 0.0596. The summed E-state index contributed by atoms with van der Waals surface area (Å²) in [4.78, 5) is 25.9. The minimum Gasteiger partial charge on any atom is -0.334 e. The molecular weight excluding hydrogens is 216 g/mol. The molecule has 1 aromatic rings. The fourth-order valence-electron chi connectivity index (χ4n) is 1.83. The molecule has 1 aromatic heterocycles. The summed E-state index contributed by atoms with van der Waals surface area (Å²) in [5, 5.41) is 0. The van der Waals surface area contributed by atoms with Gasteiger partial charge >= 0.3 is 0 Å². The van der Waals surface area contributed by atoms with Gasteiger partial charge in [0.25, 0.3) is 11.5 Å². The molecule has 0 fully saturated rings. The van der Waals surface area contributed by atoms with E-state index in [4.69, 9.17) is 0 Å². The first-order valence-corrected chi connectivity index (χ1v) is 5.76. The lowest BCUT2D eigenvalue weighted by atomic mass is 10.0. The van der Waals surface area contributed by atoms with E-state index in [0.29, 0.717) is 6.54 Å². The average Bonchev–Trinajstić information content (AvgIpc) is 2.20. The number of rotatable bonds is 2. The third-order valence-electron chi connectivity index (χ3n) is 2.72. The highest BCUT2D eigenvalue weighted by atomic mass is 16.2. The van der Waals surface area contributed by atoms with Crippen LogP contribution in [0.25, 0.3) is 0 Å². The number of carbonyl (C=O) groups is 1. The third-order valence-corrected chi connectivity index (χ3v) is 2.72. The molecule has 0 N–H and O–H groups in total. The Bertz CT molecular complexity index is 469. The van der Waals surface area contributed by atoms with Crippen LogP contribution in [0.4, 0.5) is 0 Å². The van der Waals surface area contributed by atoms with Gasteiger partial charge in [-0.05, 0) is 39.8 Å². The largest absolute Gasteiger partial charge is 0.334 e. The van der Waals surface area contributed by atoms with Gasteiger partial charge < -0.3 is 9.47 Å². The van der Waals surface area contributed by atoms with Gasteiger partial charge in [0.2, 0.25) is 0 Å². The first-order valence-electron chi connectivity index (χ1n) is 5.76. The average molecular weight is 236 g/mol. The normalized spacial score (nSPS) is 11.4. The van der Waals surface area contributed by atoms with Crippen molar-refractivity contribution in [1.29, 1.82) is 0 Å². The maximum absolute atomic E-state index is 12.3. The maximum atomic E-state index is 12.3. The molecule has 1 rings (SSSR count). The number of nitrogens with zero attached hydrogens (tertiary/aromatic N) is 2. The number of carbonyl (C=O) groups excluding carboxylic acids is 1. The number of hydrogen-bond acceptors (Lipinski definition) is 2. The first-order chi connectivity index (χ1) is 7.79. The predicted molar refractivity (Wildman–Crippen MR) is 68.1 cm³/mol. The summed E-state index contributed by atoms with van der Waals surface area (Å²) >= 11 is 0. The quantitative estimate of drug-likeness (QED) is 0.783.